The van der Waals surface area contributed by atoms with Crippen molar-refractivity contribution in [1.82, 2.24) is 9.62 Å². The SMILES string of the molecule is C[C@@H]1[C@@H](C)C/C=C/[C@](O)(C#CCCN(C)C)[C@@H]2CC[C@H]2CN2C[C@@]3(CCCc4cc(Cl)ccc43)COc3ccc(cc32)C(=O)NS1(=O)=O. The summed E-state index contributed by atoms with van der Waals surface area (Å²) in [6.07, 6.45) is 9.40. The van der Waals surface area contributed by atoms with E-state index in [1.807, 2.05) is 33.2 Å². The van der Waals surface area contributed by atoms with Gasteiger partial charge in [-0.25, -0.2) is 13.1 Å². The zero-order valence-corrected chi connectivity index (χ0v) is 30.0. The van der Waals surface area contributed by atoms with Crippen LogP contribution in [0.25, 0.3) is 0 Å². The van der Waals surface area contributed by atoms with Gasteiger partial charge in [-0.15, -0.1) is 0 Å². The summed E-state index contributed by atoms with van der Waals surface area (Å²) in [5.74, 6) is 6.23. The first-order chi connectivity index (χ1) is 22.8. The van der Waals surface area contributed by atoms with Crippen molar-refractivity contribution < 1.29 is 23.1 Å². The van der Waals surface area contributed by atoms with E-state index in [1.165, 1.54) is 11.1 Å². The molecule has 10 heteroatoms. The van der Waals surface area contributed by atoms with Crippen molar-refractivity contribution >= 4 is 33.2 Å². The molecule has 0 radical (unpaired) electrons. The van der Waals surface area contributed by atoms with E-state index in [1.54, 1.807) is 31.2 Å². The van der Waals surface area contributed by atoms with E-state index >= 15 is 0 Å². The van der Waals surface area contributed by atoms with Gasteiger partial charge in [0.05, 0.1) is 17.5 Å². The Bertz CT molecular complexity index is 1750. The van der Waals surface area contributed by atoms with Crippen LogP contribution in [0.5, 0.6) is 5.75 Å². The summed E-state index contributed by atoms with van der Waals surface area (Å²) in [6, 6.07) is 11.4. The molecule has 2 aliphatic carbocycles. The van der Waals surface area contributed by atoms with Crippen LogP contribution in [0.2, 0.25) is 5.02 Å². The number of fused-ring (bicyclic) bond motifs is 4. The Morgan fingerprint density at radius 2 is 1.98 bits per heavy atom. The van der Waals surface area contributed by atoms with Crippen LogP contribution in [0.4, 0.5) is 5.69 Å². The molecule has 0 aromatic heterocycles. The van der Waals surface area contributed by atoms with Crippen LogP contribution in [-0.4, -0.2) is 75.5 Å². The normalized spacial score (nSPS) is 32.0. The average Bonchev–Trinajstić information content (AvgIpc) is 3.17. The molecule has 0 saturated heterocycles. The molecule has 48 heavy (non-hydrogen) atoms. The summed E-state index contributed by atoms with van der Waals surface area (Å²) in [4.78, 5) is 17.9. The van der Waals surface area contributed by atoms with Gasteiger partial charge in [-0.1, -0.05) is 42.5 Å². The Hall–Kier alpha value is -3.03. The van der Waals surface area contributed by atoms with E-state index in [4.69, 9.17) is 16.3 Å². The number of allylic oxidation sites excluding steroid dienone is 1. The Kier molecular flexibility index (Phi) is 9.94. The van der Waals surface area contributed by atoms with Crippen molar-refractivity contribution in [2.24, 2.45) is 17.8 Å². The minimum absolute atomic E-state index is 0.0996. The summed E-state index contributed by atoms with van der Waals surface area (Å²) in [5, 5.41) is 12.1. The third-order valence-corrected chi connectivity index (χ3v) is 13.3. The number of hydrogen-bond acceptors (Lipinski definition) is 7. The molecule has 2 aliphatic heterocycles. The van der Waals surface area contributed by atoms with E-state index in [2.05, 4.69) is 38.5 Å². The van der Waals surface area contributed by atoms with Gasteiger partial charge >= 0.3 is 0 Å². The van der Waals surface area contributed by atoms with Gasteiger partial charge in [-0.2, -0.15) is 0 Å². The van der Waals surface area contributed by atoms with Crippen molar-refractivity contribution in [3.63, 3.8) is 0 Å². The van der Waals surface area contributed by atoms with Gasteiger partial charge in [0.2, 0.25) is 10.0 Å². The minimum atomic E-state index is -3.98. The molecule has 2 N–H and O–H groups in total. The first-order valence-corrected chi connectivity index (χ1v) is 19.1. The van der Waals surface area contributed by atoms with Gasteiger partial charge in [-0.05, 0) is 119 Å². The smallest absolute Gasteiger partial charge is 0.264 e. The number of aliphatic hydroxyl groups is 1. The predicted molar refractivity (Wildman–Crippen MR) is 191 cm³/mol. The highest BCUT2D eigenvalue weighted by Crippen LogP contribution is 2.48. The fourth-order valence-electron chi connectivity index (χ4n) is 7.89. The van der Waals surface area contributed by atoms with E-state index in [-0.39, 0.29) is 28.7 Å². The van der Waals surface area contributed by atoms with Crippen molar-refractivity contribution in [3.8, 4) is 17.6 Å². The second-order valence-electron chi connectivity index (χ2n) is 14.7. The number of anilines is 1. The number of benzene rings is 2. The molecule has 1 amide bonds. The lowest BCUT2D eigenvalue weighted by atomic mass is 9.64. The standard InChI is InChI=1S/C38H48ClN3O5S/c1-26-9-7-19-38(44,18-5-6-20-41(3)4)33-14-11-30(33)23-42-24-37(17-8-10-28-21-31(39)13-15-32(28)37)25-47-35-16-12-29(22-34(35)42)36(43)40-48(45,46)27(26)2/h7,12-13,15-16,19,21-22,26-27,30,33,44H,6,8-11,14,17,20,23-25H2,1-4H3,(H,40,43)/b19-7+/t26-,27+,30-,33+,37-,38+/m0/s1. The van der Waals surface area contributed by atoms with Crippen LogP contribution in [0.15, 0.2) is 48.6 Å². The number of sulfonamides is 1. The molecule has 1 saturated carbocycles. The highest BCUT2D eigenvalue weighted by atomic mass is 35.5. The monoisotopic (exact) mass is 693 g/mol. The highest BCUT2D eigenvalue weighted by molar-refractivity contribution is 7.90. The summed E-state index contributed by atoms with van der Waals surface area (Å²) in [6.45, 7) is 6.02. The molecule has 2 bridgehead atoms. The predicted octanol–water partition coefficient (Wildman–Crippen LogP) is 5.57. The molecule has 1 spiro atoms. The van der Waals surface area contributed by atoms with Gasteiger partial charge in [0.15, 0.2) is 0 Å². The van der Waals surface area contributed by atoms with Gasteiger partial charge in [0.1, 0.15) is 11.4 Å². The van der Waals surface area contributed by atoms with Gasteiger partial charge in [0.25, 0.3) is 5.91 Å². The lowest BCUT2D eigenvalue weighted by Gasteiger charge is -2.47. The number of ether oxygens (including phenoxy) is 1. The van der Waals surface area contributed by atoms with E-state index in [9.17, 15) is 18.3 Å². The Morgan fingerprint density at radius 1 is 1.17 bits per heavy atom. The van der Waals surface area contributed by atoms with Crippen LogP contribution in [0, 0.1) is 29.6 Å². The lowest BCUT2D eigenvalue weighted by Crippen LogP contribution is -2.52. The molecule has 2 aromatic carbocycles. The Labute approximate surface area is 290 Å². The Balaban J connectivity index is 1.44. The molecule has 0 unspecified atom stereocenters. The van der Waals surface area contributed by atoms with Crippen molar-refractivity contribution in [2.45, 2.75) is 75.1 Å². The van der Waals surface area contributed by atoms with Crippen molar-refractivity contribution in [1.29, 1.82) is 0 Å². The molecular weight excluding hydrogens is 646 g/mol. The van der Waals surface area contributed by atoms with Crippen LogP contribution in [0.1, 0.15) is 73.9 Å². The lowest BCUT2D eigenvalue weighted by molar-refractivity contribution is -0.00326. The molecular formula is C38H48ClN3O5S. The number of nitrogens with zero attached hydrogens (tertiary/aromatic N) is 2. The molecule has 4 aliphatic rings. The third kappa shape index (κ3) is 7.00. The van der Waals surface area contributed by atoms with Crippen LogP contribution >= 0.6 is 11.6 Å². The largest absolute Gasteiger partial charge is 0.490 e. The van der Waals surface area contributed by atoms with Gasteiger partial charge in [0, 0.05) is 48.0 Å². The molecule has 1 fully saturated rings. The molecule has 258 valence electrons. The molecule has 8 nitrogen and oxygen atoms in total. The first kappa shape index (κ1) is 34.8. The Morgan fingerprint density at radius 3 is 2.73 bits per heavy atom. The van der Waals surface area contributed by atoms with Crippen molar-refractivity contribution in [3.05, 3.63) is 70.3 Å². The zero-order valence-electron chi connectivity index (χ0n) is 28.5. The third-order valence-electron chi connectivity index (χ3n) is 11.1. The number of halogens is 1. The maximum Gasteiger partial charge on any atom is 0.264 e. The molecule has 2 heterocycles. The summed E-state index contributed by atoms with van der Waals surface area (Å²) in [7, 11) is 0.0237. The van der Waals surface area contributed by atoms with E-state index in [0.717, 1.165) is 49.4 Å². The number of aryl methyl sites for hydroxylation is 1. The molecule has 6 atom stereocenters. The fourth-order valence-corrected chi connectivity index (χ4v) is 9.37. The fraction of sp³-hybridized carbons (Fsp3) is 0.553. The summed E-state index contributed by atoms with van der Waals surface area (Å²) in [5.41, 5.74) is 1.84. The number of rotatable bonds is 2. The number of carbonyl (C=O) groups excluding carboxylic acids is 1. The number of hydrogen-bond donors (Lipinski definition) is 2. The van der Waals surface area contributed by atoms with Gasteiger partial charge in [-0.3, -0.25) is 4.79 Å². The quantitative estimate of drug-likeness (QED) is 0.314. The summed E-state index contributed by atoms with van der Waals surface area (Å²) < 4.78 is 35.7. The van der Waals surface area contributed by atoms with Crippen LogP contribution in [0.3, 0.4) is 0 Å². The minimum Gasteiger partial charge on any atom is -0.490 e. The van der Waals surface area contributed by atoms with Gasteiger partial charge < -0.3 is 19.6 Å². The van der Waals surface area contributed by atoms with E-state index < -0.39 is 26.8 Å². The average molecular weight is 694 g/mol. The topological polar surface area (TPSA) is 99.2 Å². The van der Waals surface area contributed by atoms with Crippen LogP contribution in [-0.2, 0) is 21.9 Å². The number of nitrogens with one attached hydrogen (secondary N) is 1. The molecule has 6 rings (SSSR count). The number of carbonyl (C=O) groups is 1. The highest BCUT2D eigenvalue weighted by Gasteiger charge is 2.47. The van der Waals surface area contributed by atoms with E-state index in [0.29, 0.717) is 38.3 Å². The first-order valence-electron chi connectivity index (χ1n) is 17.2. The molecule has 2 aromatic rings. The second-order valence-corrected chi connectivity index (χ2v) is 17.2. The van der Waals surface area contributed by atoms with Crippen LogP contribution < -0.4 is 14.4 Å². The second kappa shape index (κ2) is 13.7. The maximum atomic E-state index is 13.5. The zero-order chi connectivity index (χ0) is 34.3. The van der Waals surface area contributed by atoms with Crippen molar-refractivity contribution in [2.75, 3.05) is 45.2 Å². The summed E-state index contributed by atoms with van der Waals surface area (Å²) >= 11 is 6.44. The maximum absolute atomic E-state index is 13.5. The number of amides is 1.